The van der Waals surface area contributed by atoms with Crippen LogP contribution in [0.25, 0.3) is 0 Å². The van der Waals surface area contributed by atoms with Crippen LogP contribution in [0.1, 0.15) is 34.8 Å². The molecule has 0 saturated carbocycles. The predicted octanol–water partition coefficient (Wildman–Crippen LogP) is 4.95. The molecule has 0 bridgehead atoms. The first-order valence-electron chi connectivity index (χ1n) is 8.75. The maximum absolute atomic E-state index is 13.8. The van der Waals surface area contributed by atoms with Gasteiger partial charge in [-0.2, -0.15) is 0 Å². The molecular formula is C21H20ClFN2O2S. The SMILES string of the molecule is COc1ccc([C@@H](C)NC(=O)Cc2csc(Cc3cccc(Cl)c3)n2)cc1F. The van der Waals surface area contributed by atoms with Crippen molar-refractivity contribution in [3.63, 3.8) is 0 Å². The third-order valence-electron chi connectivity index (χ3n) is 4.24. The average Bonchev–Trinajstić information content (AvgIpc) is 3.08. The van der Waals surface area contributed by atoms with Gasteiger partial charge in [0.15, 0.2) is 11.6 Å². The summed E-state index contributed by atoms with van der Waals surface area (Å²) in [5.41, 5.74) is 2.47. The maximum Gasteiger partial charge on any atom is 0.226 e. The number of hydrogen-bond donors (Lipinski definition) is 1. The summed E-state index contributed by atoms with van der Waals surface area (Å²) in [6, 6.07) is 12.0. The van der Waals surface area contributed by atoms with Crippen molar-refractivity contribution in [2.75, 3.05) is 7.11 Å². The second-order valence-corrected chi connectivity index (χ2v) is 7.78. The first-order valence-corrected chi connectivity index (χ1v) is 10.0. The van der Waals surface area contributed by atoms with Gasteiger partial charge >= 0.3 is 0 Å². The van der Waals surface area contributed by atoms with Crippen LogP contribution >= 0.6 is 22.9 Å². The van der Waals surface area contributed by atoms with Crippen LogP contribution in [0.3, 0.4) is 0 Å². The summed E-state index contributed by atoms with van der Waals surface area (Å²) in [5, 5.41) is 6.38. The standard InChI is InChI=1S/C21H20ClFN2O2S/c1-13(15-6-7-19(27-2)18(23)10-15)24-20(26)11-17-12-28-21(25-17)9-14-4-3-5-16(22)8-14/h3-8,10,12-13H,9,11H2,1-2H3,(H,24,26)/t13-/m1/s1. The molecule has 2 aromatic carbocycles. The number of ether oxygens (including phenoxy) is 1. The Morgan fingerprint density at radius 2 is 2.14 bits per heavy atom. The number of hydrogen-bond acceptors (Lipinski definition) is 4. The molecule has 4 nitrogen and oxygen atoms in total. The zero-order valence-corrected chi connectivity index (χ0v) is 17.1. The summed E-state index contributed by atoms with van der Waals surface area (Å²) in [7, 11) is 1.41. The minimum absolute atomic E-state index is 0.164. The lowest BCUT2D eigenvalue weighted by Gasteiger charge is -2.15. The van der Waals surface area contributed by atoms with Gasteiger partial charge in [0.2, 0.25) is 5.91 Å². The van der Waals surface area contributed by atoms with Crippen LogP contribution in [0, 0.1) is 5.82 Å². The summed E-state index contributed by atoms with van der Waals surface area (Å²) >= 11 is 7.53. The van der Waals surface area contributed by atoms with Crippen molar-refractivity contribution in [1.29, 1.82) is 0 Å². The molecule has 146 valence electrons. The number of benzene rings is 2. The molecule has 0 aliphatic carbocycles. The predicted molar refractivity (Wildman–Crippen MR) is 110 cm³/mol. The molecule has 1 heterocycles. The Morgan fingerprint density at radius 3 is 2.86 bits per heavy atom. The van der Waals surface area contributed by atoms with Crippen LogP contribution in [0.4, 0.5) is 4.39 Å². The molecule has 3 rings (SSSR count). The second-order valence-electron chi connectivity index (χ2n) is 6.40. The molecule has 0 aliphatic rings. The number of thiazole rings is 1. The van der Waals surface area contributed by atoms with Gasteiger partial charge in [0, 0.05) is 16.8 Å². The molecule has 0 aliphatic heterocycles. The summed E-state index contributed by atoms with van der Waals surface area (Å²) in [6.07, 6.45) is 0.851. The van der Waals surface area contributed by atoms with Gasteiger partial charge in [0.1, 0.15) is 0 Å². The van der Waals surface area contributed by atoms with Crippen LogP contribution < -0.4 is 10.1 Å². The van der Waals surface area contributed by atoms with Gasteiger partial charge in [0.25, 0.3) is 0 Å². The summed E-state index contributed by atoms with van der Waals surface area (Å²) in [4.78, 5) is 16.9. The number of carbonyl (C=O) groups is 1. The van der Waals surface area contributed by atoms with E-state index in [2.05, 4.69) is 10.3 Å². The number of nitrogens with zero attached hydrogens (tertiary/aromatic N) is 1. The Bertz CT molecular complexity index is 977. The van der Waals surface area contributed by atoms with Gasteiger partial charge in [-0.05, 0) is 42.3 Å². The Kier molecular flexibility index (Phi) is 6.65. The van der Waals surface area contributed by atoms with Crippen molar-refractivity contribution >= 4 is 28.8 Å². The fourth-order valence-corrected chi connectivity index (χ4v) is 3.87. The number of nitrogens with one attached hydrogen (secondary N) is 1. The molecule has 1 aromatic heterocycles. The third kappa shape index (κ3) is 5.30. The van der Waals surface area contributed by atoms with E-state index >= 15 is 0 Å². The lowest BCUT2D eigenvalue weighted by Crippen LogP contribution is -2.28. The zero-order valence-electron chi connectivity index (χ0n) is 15.5. The third-order valence-corrected chi connectivity index (χ3v) is 5.37. The van der Waals surface area contributed by atoms with Crippen molar-refractivity contribution in [2.24, 2.45) is 0 Å². The van der Waals surface area contributed by atoms with Gasteiger partial charge in [-0.25, -0.2) is 9.37 Å². The summed E-state index contributed by atoms with van der Waals surface area (Å²) in [5.74, 6) is -0.438. The topological polar surface area (TPSA) is 51.2 Å². The number of methoxy groups -OCH3 is 1. The number of amides is 1. The van der Waals surface area contributed by atoms with Gasteiger partial charge in [0.05, 0.1) is 30.3 Å². The molecule has 7 heteroatoms. The van der Waals surface area contributed by atoms with Crippen LogP contribution in [-0.2, 0) is 17.6 Å². The molecule has 3 aromatic rings. The summed E-state index contributed by atoms with van der Waals surface area (Å²) < 4.78 is 18.8. The molecule has 0 radical (unpaired) electrons. The van der Waals surface area contributed by atoms with E-state index < -0.39 is 5.82 Å². The first kappa shape index (κ1) is 20.3. The highest BCUT2D eigenvalue weighted by atomic mass is 35.5. The molecule has 0 fully saturated rings. The molecule has 1 N–H and O–H groups in total. The van der Waals surface area contributed by atoms with Crippen LogP contribution in [0.15, 0.2) is 47.8 Å². The van der Waals surface area contributed by atoms with Crippen molar-refractivity contribution in [3.05, 3.63) is 80.5 Å². The molecule has 28 heavy (non-hydrogen) atoms. The van der Waals surface area contributed by atoms with Gasteiger partial charge < -0.3 is 10.1 Å². The number of carbonyl (C=O) groups excluding carboxylic acids is 1. The quantitative estimate of drug-likeness (QED) is 0.590. The van der Waals surface area contributed by atoms with E-state index in [9.17, 15) is 9.18 Å². The molecule has 0 unspecified atom stereocenters. The van der Waals surface area contributed by atoms with Crippen molar-refractivity contribution in [3.8, 4) is 5.75 Å². The Balaban J connectivity index is 1.57. The Morgan fingerprint density at radius 1 is 1.32 bits per heavy atom. The molecule has 1 atom stereocenters. The maximum atomic E-state index is 13.8. The van der Waals surface area contributed by atoms with Gasteiger partial charge in [-0.15, -0.1) is 11.3 Å². The second kappa shape index (κ2) is 9.17. The zero-order chi connectivity index (χ0) is 20.1. The molecule has 1 amide bonds. The van der Waals surface area contributed by atoms with E-state index in [1.165, 1.54) is 24.5 Å². The fraction of sp³-hybridized carbons (Fsp3) is 0.238. The minimum atomic E-state index is -0.453. The van der Waals surface area contributed by atoms with Crippen LogP contribution in [-0.4, -0.2) is 18.0 Å². The van der Waals surface area contributed by atoms with E-state index in [-0.39, 0.29) is 24.1 Å². The van der Waals surface area contributed by atoms with Gasteiger partial charge in [-0.3, -0.25) is 4.79 Å². The molecule has 0 saturated heterocycles. The van der Waals surface area contributed by atoms with Crippen molar-refractivity contribution in [2.45, 2.75) is 25.8 Å². The molecular weight excluding hydrogens is 399 g/mol. The smallest absolute Gasteiger partial charge is 0.226 e. The largest absolute Gasteiger partial charge is 0.494 e. The highest BCUT2D eigenvalue weighted by molar-refractivity contribution is 7.09. The van der Waals surface area contributed by atoms with E-state index in [1.807, 2.05) is 36.6 Å². The number of rotatable bonds is 7. The van der Waals surface area contributed by atoms with E-state index in [0.717, 1.165) is 10.6 Å². The Labute approximate surface area is 172 Å². The van der Waals surface area contributed by atoms with E-state index in [4.69, 9.17) is 16.3 Å². The lowest BCUT2D eigenvalue weighted by molar-refractivity contribution is -0.121. The minimum Gasteiger partial charge on any atom is -0.494 e. The van der Waals surface area contributed by atoms with E-state index in [0.29, 0.717) is 22.7 Å². The van der Waals surface area contributed by atoms with Crippen LogP contribution in [0.2, 0.25) is 5.02 Å². The normalized spacial score (nSPS) is 11.9. The van der Waals surface area contributed by atoms with Crippen LogP contribution in [0.5, 0.6) is 5.75 Å². The monoisotopic (exact) mass is 418 g/mol. The Hall–Kier alpha value is -2.44. The summed E-state index contributed by atoms with van der Waals surface area (Å²) in [6.45, 7) is 1.81. The average molecular weight is 419 g/mol. The molecule has 0 spiro atoms. The lowest BCUT2D eigenvalue weighted by atomic mass is 10.1. The first-order chi connectivity index (χ1) is 13.4. The van der Waals surface area contributed by atoms with Crippen molar-refractivity contribution in [1.82, 2.24) is 10.3 Å². The van der Waals surface area contributed by atoms with Crippen molar-refractivity contribution < 1.29 is 13.9 Å². The van der Waals surface area contributed by atoms with E-state index in [1.54, 1.807) is 12.1 Å². The number of aromatic nitrogens is 1. The highest BCUT2D eigenvalue weighted by Gasteiger charge is 2.14. The number of halogens is 2. The fourth-order valence-electron chi connectivity index (χ4n) is 2.83. The highest BCUT2D eigenvalue weighted by Crippen LogP contribution is 2.22. The van der Waals surface area contributed by atoms with Gasteiger partial charge in [-0.1, -0.05) is 29.8 Å².